The van der Waals surface area contributed by atoms with Gasteiger partial charge in [-0.15, -0.1) is 0 Å². The van der Waals surface area contributed by atoms with Crippen LogP contribution in [0.15, 0.2) is 60.8 Å². The first-order valence-corrected chi connectivity index (χ1v) is 9.01. The summed E-state index contributed by atoms with van der Waals surface area (Å²) in [6.07, 6.45) is 1.40. The second-order valence-electron chi connectivity index (χ2n) is 6.60. The first-order chi connectivity index (χ1) is 13.7. The summed E-state index contributed by atoms with van der Waals surface area (Å²) in [4.78, 5) is 14.2. The summed E-state index contributed by atoms with van der Waals surface area (Å²) >= 11 is 0. The normalized spacial score (nSPS) is 15.5. The zero-order valence-corrected chi connectivity index (χ0v) is 15.2. The van der Waals surface area contributed by atoms with E-state index in [2.05, 4.69) is 10.3 Å². The average molecular weight is 380 g/mol. The second kappa shape index (κ2) is 8.10. The van der Waals surface area contributed by atoms with Crippen LogP contribution in [0.4, 0.5) is 5.82 Å². The standard InChI is InChI=1S/C20H20N4O4/c25-24(26)19-12-23-11-17(14-28-20(23)22-19)21-10-15-6-8-18(9-7-15)27-13-16-4-2-1-3-5-16/h1-9,12,17,21H,10-11,13-14H2/t17-/m0/s1. The Kier molecular flexibility index (Phi) is 5.20. The number of aromatic nitrogens is 2. The van der Waals surface area contributed by atoms with Crippen LogP contribution < -0.4 is 14.8 Å². The van der Waals surface area contributed by atoms with Gasteiger partial charge in [-0.25, -0.2) is 0 Å². The third-order valence-corrected chi connectivity index (χ3v) is 4.51. The van der Waals surface area contributed by atoms with Crippen molar-refractivity contribution in [1.82, 2.24) is 14.9 Å². The Morgan fingerprint density at radius 1 is 1.18 bits per heavy atom. The van der Waals surface area contributed by atoms with Gasteiger partial charge in [-0.1, -0.05) is 42.5 Å². The van der Waals surface area contributed by atoms with Crippen LogP contribution in [0.1, 0.15) is 11.1 Å². The molecule has 0 spiro atoms. The van der Waals surface area contributed by atoms with Gasteiger partial charge < -0.3 is 24.9 Å². The van der Waals surface area contributed by atoms with Crippen LogP contribution in [-0.2, 0) is 19.7 Å². The molecule has 0 bridgehead atoms. The molecule has 2 aromatic carbocycles. The van der Waals surface area contributed by atoms with Crippen molar-refractivity contribution in [3.05, 3.63) is 82.0 Å². The molecule has 0 saturated heterocycles. The second-order valence-corrected chi connectivity index (χ2v) is 6.60. The van der Waals surface area contributed by atoms with Crippen molar-refractivity contribution in [1.29, 1.82) is 0 Å². The Hall–Kier alpha value is -3.39. The van der Waals surface area contributed by atoms with Crippen LogP contribution in [0.3, 0.4) is 0 Å². The number of hydrogen-bond acceptors (Lipinski definition) is 6. The minimum Gasteiger partial charge on any atom is -0.489 e. The zero-order chi connectivity index (χ0) is 19.3. The Balaban J connectivity index is 1.27. The molecule has 4 rings (SSSR count). The van der Waals surface area contributed by atoms with Gasteiger partial charge in [0.25, 0.3) is 0 Å². The van der Waals surface area contributed by atoms with Gasteiger partial charge in [-0.2, -0.15) is 0 Å². The molecule has 0 amide bonds. The number of rotatable bonds is 7. The van der Waals surface area contributed by atoms with Gasteiger partial charge in [0.15, 0.2) is 0 Å². The zero-order valence-electron chi connectivity index (χ0n) is 15.2. The van der Waals surface area contributed by atoms with E-state index in [1.165, 1.54) is 6.20 Å². The summed E-state index contributed by atoms with van der Waals surface area (Å²) < 4.78 is 13.0. The number of hydrogen-bond donors (Lipinski definition) is 1. The molecule has 0 saturated carbocycles. The molecule has 1 atom stereocenters. The highest BCUT2D eigenvalue weighted by molar-refractivity contribution is 5.28. The maximum atomic E-state index is 10.8. The quantitative estimate of drug-likeness (QED) is 0.501. The maximum Gasteiger partial charge on any atom is 0.414 e. The fraction of sp³-hybridized carbons (Fsp3) is 0.250. The van der Waals surface area contributed by atoms with Crippen LogP contribution in [0.5, 0.6) is 11.8 Å². The van der Waals surface area contributed by atoms with E-state index in [1.807, 2.05) is 54.6 Å². The van der Waals surface area contributed by atoms with Gasteiger partial charge in [0.1, 0.15) is 25.2 Å². The van der Waals surface area contributed by atoms with Gasteiger partial charge in [0.2, 0.25) is 0 Å². The van der Waals surface area contributed by atoms with Gasteiger partial charge in [0, 0.05) is 18.1 Å². The lowest BCUT2D eigenvalue weighted by Gasteiger charge is -2.23. The molecule has 8 heteroatoms. The van der Waals surface area contributed by atoms with Crippen molar-refractivity contribution in [2.75, 3.05) is 6.61 Å². The molecule has 1 aliphatic rings. The van der Waals surface area contributed by atoms with Crippen molar-refractivity contribution in [3.63, 3.8) is 0 Å². The van der Waals surface area contributed by atoms with E-state index in [-0.39, 0.29) is 11.9 Å². The summed E-state index contributed by atoms with van der Waals surface area (Å²) in [6, 6.07) is 18.3. The van der Waals surface area contributed by atoms with Crippen LogP contribution in [0.25, 0.3) is 0 Å². The molecule has 144 valence electrons. The maximum absolute atomic E-state index is 10.8. The first kappa shape index (κ1) is 18.0. The van der Waals surface area contributed by atoms with Gasteiger partial charge in [-0.05, 0) is 28.2 Å². The third kappa shape index (κ3) is 4.29. The summed E-state index contributed by atoms with van der Waals surface area (Å²) in [7, 11) is 0. The molecular weight excluding hydrogens is 360 g/mol. The topological polar surface area (TPSA) is 91.5 Å². The molecule has 2 heterocycles. The molecule has 1 aromatic heterocycles. The van der Waals surface area contributed by atoms with E-state index in [9.17, 15) is 10.1 Å². The molecule has 0 fully saturated rings. The van der Waals surface area contributed by atoms with Crippen LogP contribution in [-0.4, -0.2) is 27.1 Å². The fourth-order valence-electron chi connectivity index (χ4n) is 3.01. The van der Waals surface area contributed by atoms with E-state index >= 15 is 0 Å². The third-order valence-electron chi connectivity index (χ3n) is 4.51. The number of fused-ring (bicyclic) bond motifs is 1. The minimum absolute atomic E-state index is 0.0512. The van der Waals surface area contributed by atoms with Crippen molar-refractivity contribution in [2.24, 2.45) is 0 Å². The molecule has 3 aromatic rings. The number of ether oxygens (including phenoxy) is 2. The Bertz CT molecular complexity index is 941. The summed E-state index contributed by atoms with van der Waals surface area (Å²) in [6.45, 7) is 2.21. The summed E-state index contributed by atoms with van der Waals surface area (Å²) in [5.41, 5.74) is 2.25. The van der Waals surface area contributed by atoms with Crippen LogP contribution >= 0.6 is 0 Å². The number of nitrogens with zero attached hydrogens (tertiary/aromatic N) is 3. The molecule has 0 radical (unpaired) electrons. The SMILES string of the molecule is O=[N+]([O-])c1cn2c(n1)OC[C@@H](NCc1ccc(OCc3ccccc3)cc1)C2. The molecule has 0 aliphatic carbocycles. The Morgan fingerprint density at radius 2 is 1.96 bits per heavy atom. The Labute approximate surface area is 161 Å². The van der Waals surface area contributed by atoms with E-state index in [1.54, 1.807) is 4.57 Å². The highest BCUT2D eigenvalue weighted by Gasteiger charge is 2.27. The van der Waals surface area contributed by atoms with Gasteiger partial charge in [-0.3, -0.25) is 4.57 Å². The lowest BCUT2D eigenvalue weighted by atomic mass is 10.2. The van der Waals surface area contributed by atoms with E-state index in [0.29, 0.717) is 32.3 Å². The first-order valence-electron chi connectivity index (χ1n) is 9.01. The predicted molar refractivity (Wildman–Crippen MR) is 102 cm³/mol. The van der Waals surface area contributed by atoms with Gasteiger partial charge >= 0.3 is 11.8 Å². The average Bonchev–Trinajstić information content (AvgIpc) is 3.16. The van der Waals surface area contributed by atoms with Crippen LogP contribution in [0.2, 0.25) is 0 Å². The van der Waals surface area contributed by atoms with E-state index in [4.69, 9.17) is 9.47 Å². The number of nitrogens with one attached hydrogen (secondary N) is 1. The summed E-state index contributed by atoms with van der Waals surface area (Å²) in [5, 5.41) is 14.2. The minimum atomic E-state index is -0.515. The molecule has 1 aliphatic heterocycles. The molecule has 1 N–H and O–H groups in total. The van der Waals surface area contributed by atoms with E-state index in [0.717, 1.165) is 16.9 Å². The molecule has 28 heavy (non-hydrogen) atoms. The Morgan fingerprint density at radius 3 is 2.71 bits per heavy atom. The van der Waals surface area contributed by atoms with Crippen LogP contribution in [0, 0.1) is 10.1 Å². The van der Waals surface area contributed by atoms with Gasteiger partial charge in [0.05, 0.1) is 6.04 Å². The molecule has 8 nitrogen and oxygen atoms in total. The summed E-state index contributed by atoms with van der Waals surface area (Å²) in [5.74, 6) is 0.630. The predicted octanol–water partition coefficient (Wildman–Crippen LogP) is 2.92. The van der Waals surface area contributed by atoms with Crippen molar-refractivity contribution in [2.45, 2.75) is 25.7 Å². The number of nitro groups is 1. The molecular formula is C20H20N4O4. The van der Waals surface area contributed by atoms with Crippen molar-refractivity contribution >= 4 is 5.82 Å². The highest BCUT2D eigenvalue weighted by atomic mass is 16.6. The highest BCUT2D eigenvalue weighted by Crippen LogP contribution is 2.21. The van der Waals surface area contributed by atoms with Crippen molar-refractivity contribution < 1.29 is 14.4 Å². The molecule has 0 unspecified atom stereocenters. The van der Waals surface area contributed by atoms with E-state index < -0.39 is 4.92 Å². The monoisotopic (exact) mass is 380 g/mol. The number of imidazole rings is 1. The number of benzene rings is 2. The lowest BCUT2D eigenvalue weighted by molar-refractivity contribution is -0.389. The fourth-order valence-corrected chi connectivity index (χ4v) is 3.01. The lowest BCUT2D eigenvalue weighted by Crippen LogP contribution is -2.41. The van der Waals surface area contributed by atoms with Crippen molar-refractivity contribution in [3.8, 4) is 11.8 Å². The smallest absolute Gasteiger partial charge is 0.414 e. The largest absolute Gasteiger partial charge is 0.489 e.